The van der Waals surface area contributed by atoms with Crippen molar-refractivity contribution in [2.75, 3.05) is 19.6 Å². The SMILES string of the molecule is CCCCCCN(CCCCCC)CC(O)c1cc(-c2ccccc2)nc2c(Cl)cccc12. The predicted octanol–water partition coefficient (Wildman–Crippen LogP) is 8.05. The zero-order valence-electron chi connectivity index (χ0n) is 20.3. The van der Waals surface area contributed by atoms with E-state index in [1.807, 2.05) is 42.5 Å². The first-order valence-corrected chi connectivity index (χ1v) is 13.1. The Morgan fingerprint density at radius 1 is 0.848 bits per heavy atom. The maximum absolute atomic E-state index is 11.4. The van der Waals surface area contributed by atoms with Gasteiger partial charge in [0.2, 0.25) is 0 Å². The van der Waals surface area contributed by atoms with Gasteiger partial charge in [0.25, 0.3) is 0 Å². The third-order valence-corrected chi connectivity index (χ3v) is 6.64. The molecule has 1 aromatic heterocycles. The van der Waals surface area contributed by atoms with Gasteiger partial charge < -0.3 is 10.0 Å². The zero-order chi connectivity index (χ0) is 23.5. The van der Waals surface area contributed by atoms with E-state index in [1.165, 1.54) is 51.4 Å². The Bertz CT molecular complexity index is 964. The van der Waals surface area contributed by atoms with Gasteiger partial charge in [0, 0.05) is 17.5 Å². The predicted molar refractivity (Wildman–Crippen MR) is 142 cm³/mol. The van der Waals surface area contributed by atoms with E-state index >= 15 is 0 Å². The second kappa shape index (κ2) is 13.7. The van der Waals surface area contributed by atoms with Crippen molar-refractivity contribution in [3.8, 4) is 11.3 Å². The van der Waals surface area contributed by atoms with Crippen LogP contribution in [0.3, 0.4) is 0 Å². The Balaban J connectivity index is 1.86. The quantitative estimate of drug-likeness (QED) is 0.244. The number of aliphatic hydroxyl groups excluding tert-OH is 1. The van der Waals surface area contributed by atoms with E-state index in [0.717, 1.165) is 40.8 Å². The Labute approximate surface area is 204 Å². The molecule has 0 aliphatic carbocycles. The molecule has 0 radical (unpaired) electrons. The van der Waals surface area contributed by atoms with Gasteiger partial charge in [-0.1, -0.05) is 106 Å². The number of pyridine rings is 1. The third kappa shape index (κ3) is 7.53. The van der Waals surface area contributed by atoms with Gasteiger partial charge in [0.1, 0.15) is 0 Å². The molecule has 0 saturated heterocycles. The van der Waals surface area contributed by atoms with Crippen LogP contribution in [0.4, 0.5) is 0 Å². The van der Waals surface area contributed by atoms with Crippen molar-refractivity contribution >= 4 is 22.5 Å². The van der Waals surface area contributed by atoms with Crippen LogP contribution in [0.25, 0.3) is 22.2 Å². The van der Waals surface area contributed by atoms with Crippen LogP contribution in [0.15, 0.2) is 54.6 Å². The molecule has 1 N–H and O–H groups in total. The fourth-order valence-corrected chi connectivity index (χ4v) is 4.65. The first-order chi connectivity index (χ1) is 16.1. The van der Waals surface area contributed by atoms with Crippen LogP contribution in [0.1, 0.15) is 76.9 Å². The summed E-state index contributed by atoms with van der Waals surface area (Å²) in [4.78, 5) is 7.30. The number of rotatable bonds is 14. The molecular formula is C29H39ClN2O. The lowest BCUT2D eigenvalue weighted by Crippen LogP contribution is -2.31. The lowest BCUT2D eigenvalue weighted by atomic mass is 9.99. The summed E-state index contributed by atoms with van der Waals surface area (Å²) in [5.74, 6) is 0. The van der Waals surface area contributed by atoms with Gasteiger partial charge >= 0.3 is 0 Å². The Hall–Kier alpha value is -1.94. The number of aliphatic hydroxyl groups is 1. The Morgan fingerprint density at radius 3 is 2.15 bits per heavy atom. The van der Waals surface area contributed by atoms with Gasteiger partial charge in [-0.05, 0) is 43.6 Å². The molecule has 2 aromatic carbocycles. The molecule has 0 aliphatic heterocycles. The summed E-state index contributed by atoms with van der Waals surface area (Å²) in [5.41, 5.74) is 3.55. The molecule has 3 rings (SSSR count). The topological polar surface area (TPSA) is 36.4 Å². The highest BCUT2D eigenvalue weighted by atomic mass is 35.5. The molecule has 178 valence electrons. The lowest BCUT2D eigenvalue weighted by Gasteiger charge is -2.26. The number of unbranched alkanes of at least 4 members (excludes halogenated alkanes) is 6. The van der Waals surface area contributed by atoms with Crippen molar-refractivity contribution in [1.82, 2.24) is 9.88 Å². The van der Waals surface area contributed by atoms with Crippen LogP contribution in [0.2, 0.25) is 5.02 Å². The summed E-state index contributed by atoms with van der Waals surface area (Å²) in [6, 6.07) is 18.0. The number of hydrogen-bond donors (Lipinski definition) is 1. The molecular weight excluding hydrogens is 428 g/mol. The standard InChI is InChI=1S/C29H39ClN2O/c1-3-5-7-12-19-32(20-13-8-6-4-2)22-28(33)25-21-27(23-15-10-9-11-16-23)31-29-24(25)17-14-18-26(29)30/h9-11,14-18,21,28,33H,3-8,12-13,19-20,22H2,1-2H3. The van der Waals surface area contributed by atoms with Crippen LogP contribution in [0, 0.1) is 0 Å². The van der Waals surface area contributed by atoms with Gasteiger partial charge in [-0.2, -0.15) is 0 Å². The number of fused-ring (bicyclic) bond motifs is 1. The molecule has 0 bridgehead atoms. The molecule has 3 nitrogen and oxygen atoms in total. The number of nitrogens with zero attached hydrogens (tertiary/aromatic N) is 2. The number of para-hydroxylation sites is 1. The van der Waals surface area contributed by atoms with Gasteiger partial charge in [-0.3, -0.25) is 0 Å². The molecule has 33 heavy (non-hydrogen) atoms. The number of aromatic nitrogens is 1. The third-order valence-electron chi connectivity index (χ3n) is 6.34. The van der Waals surface area contributed by atoms with E-state index in [1.54, 1.807) is 0 Å². The first kappa shape index (κ1) is 25.7. The van der Waals surface area contributed by atoms with E-state index in [4.69, 9.17) is 16.6 Å². The maximum Gasteiger partial charge on any atom is 0.0924 e. The summed E-state index contributed by atoms with van der Waals surface area (Å²) in [5, 5.41) is 13.0. The van der Waals surface area contributed by atoms with E-state index in [-0.39, 0.29) is 0 Å². The fourth-order valence-electron chi connectivity index (χ4n) is 4.43. The highest BCUT2D eigenvalue weighted by Gasteiger charge is 2.19. The Morgan fingerprint density at radius 2 is 1.52 bits per heavy atom. The molecule has 0 fully saturated rings. The van der Waals surface area contributed by atoms with Crippen molar-refractivity contribution in [3.05, 3.63) is 65.2 Å². The van der Waals surface area contributed by atoms with E-state index in [0.29, 0.717) is 11.6 Å². The second-order valence-corrected chi connectivity index (χ2v) is 9.44. The van der Waals surface area contributed by atoms with Crippen LogP contribution in [-0.4, -0.2) is 34.6 Å². The highest BCUT2D eigenvalue weighted by Crippen LogP contribution is 2.32. The van der Waals surface area contributed by atoms with Gasteiger partial charge in [-0.15, -0.1) is 0 Å². The Kier molecular flexibility index (Phi) is 10.7. The number of hydrogen-bond acceptors (Lipinski definition) is 3. The van der Waals surface area contributed by atoms with Gasteiger partial charge in [0.15, 0.2) is 0 Å². The molecule has 0 aliphatic rings. The minimum atomic E-state index is -0.589. The molecule has 1 atom stereocenters. The molecule has 1 unspecified atom stereocenters. The normalized spacial score (nSPS) is 12.5. The fraction of sp³-hybridized carbons (Fsp3) is 0.483. The molecule has 1 heterocycles. The van der Waals surface area contributed by atoms with Crippen LogP contribution in [0.5, 0.6) is 0 Å². The van der Waals surface area contributed by atoms with Crippen molar-refractivity contribution < 1.29 is 5.11 Å². The maximum atomic E-state index is 11.4. The molecule has 0 amide bonds. The molecule has 0 saturated carbocycles. The smallest absolute Gasteiger partial charge is 0.0924 e. The summed E-state index contributed by atoms with van der Waals surface area (Å²) in [6.45, 7) is 7.21. The van der Waals surface area contributed by atoms with Gasteiger partial charge in [0.05, 0.1) is 22.3 Å². The van der Waals surface area contributed by atoms with Crippen molar-refractivity contribution in [2.24, 2.45) is 0 Å². The molecule has 4 heteroatoms. The lowest BCUT2D eigenvalue weighted by molar-refractivity contribution is 0.111. The van der Waals surface area contributed by atoms with E-state index in [2.05, 4.69) is 30.9 Å². The summed E-state index contributed by atoms with van der Waals surface area (Å²) < 4.78 is 0. The first-order valence-electron chi connectivity index (χ1n) is 12.7. The highest BCUT2D eigenvalue weighted by molar-refractivity contribution is 6.35. The molecule has 0 spiro atoms. The average Bonchev–Trinajstić information content (AvgIpc) is 2.84. The van der Waals surface area contributed by atoms with E-state index < -0.39 is 6.10 Å². The number of halogens is 1. The van der Waals surface area contributed by atoms with Crippen LogP contribution >= 0.6 is 11.6 Å². The average molecular weight is 467 g/mol. The largest absolute Gasteiger partial charge is 0.387 e. The minimum Gasteiger partial charge on any atom is -0.387 e. The van der Waals surface area contributed by atoms with Crippen LogP contribution in [-0.2, 0) is 0 Å². The van der Waals surface area contributed by atoms with E-state index in [9.17, 15) is 5.11 Å². The summed E-state index contributed by atoms with van der Waals surface area (Å²) >= 11 is 6.54. The van der Waals surface area contributed by atoms with Crippen LogP contribution < -0.4 is 0 Å². The molecule has 3 aromatic rings. The zero-order valence-corrected chi connectivity index (χ0v) is 21.0. The van der Waals surface area contributed by atoms with Gasteiger partial charge in [-0.25, -0.2) is 4.98 Å². The second-order valence-electron chi connectivity index (χ2n) is 9.04. The minimum absolute atomic E-state index is 0.589. The monoisotopic (exact) mass is 466 g/mol. The summed E-state index contributed by atoms with van der Waals surface area (Å²) in [7, 11) is 0. The summed E-state index contributed by atoms with van der Waals surface area (Å²) in [6.07, 6.45) is 9.33. The number of benzene rings is 2. The van der Waals surface area contributed by atoms with Crippen molar-refractivity contribution in [3.63, 3.8) is 0 Å². The van der Waals surface area contributed by atoms with Crippen molar-refractivity contribution in [2.45, 2.75) is 71.3 Å². The van der Waals surface area contributed by atoms with Crippen molar-refractivity contribution in [1.29, 1.82) is 0 Å².